The van der Waals surface area contributed by atoms with Gasteiger partial charge in [-0.25, -0.2) is 13.2 Å². The lowest BCUT2D eigenvalue weighted by Gasteiger charge is -2.28. The fourth-order valence-corrected chi connectivity index (χ4v) is 4.89. The number of benzene rings is 1. The molecule has 10 nitrogen and oxygen atoms in total. The number of anilines is 2. The first kappa shape index (κ1) is 25.5. The van der Waals surface area contributed by atoms with Crippen LogP contribution in [0.1, 0.15) is 19.6 Å². The van der Waals surface area contributed by atoms with Gasteiger partial charge in [0.05, 0.1) is 35.7 Å². The van der Waals surface area contributed by atoms with Gasteiger partial charge in [-0.3, -0.25) is 4.79 Å². The van der Waals surface area contributed by atoms with Crippen LogP contribution in [0.4, 0.5) is 11.4 Å². The minimum Gasteiger partial charge on any atom is -0.465 e. The summed E-state index contributed by atoms with van der Waals surface area (Å²) >= 11 is 0. The van der Waals surface area contributed by atoms with Crippen molar-refractivity contribution in [3.8, 4) is 0 Å². The summed E-state index contributed by atoms with van der Waals surface area (Å²) in [4.78, 5) is 26.5. The Morgan fingerprint density at radius 2 is 1.91 bits per heavy atom. The second-order valence-corrected chi connectivity index (χ2v) is 9.31. The highest BCUT2D eigenvalue weighted by atomic mass is 32.2. The standard InChI is InChI=1S/C23H29N3O7S/c1-3-25(4-2)21-9-8-19(34(29,30)26-11-14-31-15-12-26)16-20(21)24-22(27)17-33-23(28)10-7-18-6-5-13-32-18/h5-10,13,16H,3-4,11-12,14-15,17H2,1-2H3,(H,24,27)/b10-7+. The molecule has 3 rings (SSSR count). The second-order valence-electron chi connectivity index (χ2n) is 7.37. The lowest BCUT2D eigenvalue weighted by atomic mass is 10.2. The molecule has 0 spiro atoms. The van der Waals surface area contributed by atoms with Crippen molar-refractivity contribution in [2.45, 2.75) is 18.7 Å². The van der Waals surface area contributed by atoms with Crippen LogP contribution in [-0.2, 0) is 29.1 Å². The lowest BCUT2D eigenvalue weighted by Crippen LogP contribution is -2.40. The number of morpholine rings is 1. The van der Waals surface area contributed by atoms with Crippen LogP contribution in [0, 0.1) is 0 Å². The third-order valence-corrected chi connectivity index (χ3v) is 7.12. The molecule has 1 saturated heterocycles. The number of nitrogens with zero attached hydrogens (tertiary/aromatic N) is 2. The van der Waals surface area contributed by atoms with Crippen molar-refractivity contribution in [3.63, 3.8) is 0 Å². The SMILES string of the molecule is CCN(CC)c1ccc(S(=O)(=O)N2CCOCC2)cc1NC(=O)COC(=O)/C=C/c1ccco1. The highest BCUT2D eigenvalue weighted by Crippen LogP contribution is 2.30. The summed E-state index contributed by atoms with van der Waals surface area (Å²) in [7, 11) is -3.75. The van der Waals surface area contributed by atoms with Gasteiger partial charge < -0.3 is 24.1 Å². The summed E-state index contributed by atoms with van der Waals surface area (Å²) in [5.74, 6) is -0.822. The minimum absolute atomic E-state index is 0.0685. The Kier molecular flexibility index (Phi) is 8.85. The van der Waals surface area contributed by atoms with Crippen LogP contribution in [0.15, 0.2) is 52.0 Å². The molecule has 1 aromatic carbocycles. The molecule has 0 aliphatic carbocycles. The Morgan fingerprint density at radius 3 is 2.56 bits per heavy atom. The predicted octanol–water partition coefficient (Wildman–Crippen LogP) is 2.34. The van der Waals surface area contributed by atoms with Crippen LogP contribution in [0.2, 0.25) is 0 Å². The number of sulfonamides is 1. The zero-order valence-corrected chi connectivity index (χ0v) is 20.0. The van der Waals surface area contributed by atoms with E-state index in [4.69, 9.17) is 13.9 Å². The predicted molar refractivity (Wildman–Crippen MR) is 127 cm³/mol. The Balaban J connectivity index is 1.75. The van der Waals surface area contributed by atoms with E-state index in [0.29, 0.717) is 43.4 Å². The van der Waals surface area contributed by atoms with E-state index in [1.54, 1.807) is 18.2 Å². The third-order valence-electron chi connectivity index (χ3n) is 5.23. The number of hydrogen-bond acceptors (Lipinski definition) is 8. The highest BCUT2D eigenvalue weighted by molar-refractivity contribution is 7.89. The Labute approximate surface area is 199 Å². The number of ether oxygens (including phenoxy) is 2. The van der Waals surface area contributed by atoms with E-state index < -0.39 is 28.5 Å². The van der Waals surface area contributed by atoms with Crippen LogP contribution in [0.25, 0.3) is 6.08 Å². The molecule has 2 aromatic rings. The largest absolute Gasteiger partial charge is 0.465 e. The number of nitrogens with one attached hydrogen (secondary N) is 1. The normalized spacial score (nSPS) is 14.8. The molecule has 1 amide bonds. The molecule has 0 unspecified atom stereocenters. The van der Waals surface area contributed by atoms with Crippen molar-refractivity contribution in [1.82, 2.24) is 4.31 Å². The van der Waals surface area contributed by atoms with Crippen molar-refractivity contribution in [1.29, 1.82) is 0 Å². The maximum absolute atomic E-state index is 13.1. The van der Waals surface area contributed by atoms with Gasteiger partial charge in [-0.1, -0.05) is 0 Å². The zero-order chi connectivity index (χ0) is 24.6. The van der Waals surface area contributed by atoms with E-state index in [9.17, 15) is 18.0 Å². The molecule has 11 heteroatoms. The first-order chi connectivity index (χ1) is 16.3. The fraction of sp³-hybridized carbons (Fsp3) is 0.391. The quantitative estimate of drug-likeness (QED) is 0.397. The lowest BCUT2D eigenvalue weighted by molar-refractivity contribution is -0.142. The van der Waals surface area contributed by atoms with Crippen molar-refractivity contribution in [3.05, 3.63) is 48.4 Å². The molecule has 0 atom stereocenters. The van der Waals surface area contributed by atoms with Gasteiger partial charge in [-0.05, 0) is 50.3 Å². The van der Waals surface area contributed by atoms with Crippen molar-refractivity contribution in [2.24, 2.45) is 0 Å². The summed E-state index contributed by atoms with van der Waals surface area (Å²) < 4.78 is 42.9. The Morgan fingerprint density at radius 1 is 1.18 bits per heavy atom. The van der Waals surface area contributed by atoms with E-state index >= 15 is 0 Å². The number of esters is 1. The summed E-state index contributed by atoms with van der Waals surface area (Å²) in [5, 5.41) is 2.69. The average Bonchev–Trinajstić information content (AvgIpc) is 3.37. The molecular weight excluding hydrogens is 462 g/mol. The van der Waals surface area contributed by atoms with Gasteiger partial charge >= 0.3 is 5.97 Å². The number of hydrogen-bond donors (Lipinski definition) is 1. The number of amides is 1. The third kappa shape index (κ3) is 6.46. The maximum atomic E-state index is 13.1. The summed E-state index contributed by atoms with van der Waals surface area (Å²) in [6.07, 6.45) is 4.06. The molecule has 1 N–H and O–H groups in total. The molecule has 1 aliphatic rings. The number of carbonyl (C=O) groups excluding carboxylic acids is 2. The zero-order valence-electron chi connectivity index (χ0n) is 19.2. The van der Waals surface area contributed by atoms with Gasteiger partial charge in [-0.15, -0.1) is 0 Å². The molecule has 1 aliphatic heterocycles. The molecule has 0 bridgehead atoms. The molecule has 2 heterocycles. The van der Waals surface area contributed by atoms with Crippen LogP contribution in [0.3, 0.4) is 0 Å². The van der Waals surface area contributed by atoms with Crippen molar-refractivity contribution in [2.75, 3.05) is 56.2 Å². The van der Waals surface area contributed by atoms with Crippen LogP contribution < -0.4 is 10.2 Å². The first-order valence-electron chi connectivity index (χ1n) is 11.0. The van der Waals surface area contributed by atoms with Crippen LogP contribution >= 0.6 is 0 Å². The summed E-state index contributed by atoms with van der Waals surface area (Å²) in [6.45, 7) is 5.90. The highest BCUT2D eigenvalue weighted by Gasteiger charge is 2.27. The van der Waals surface area contributed by atoms with Gasteiger partial charge in [0.15, 0.2) is 6.61 Å². The van der Waals surface area contributed by atoms with E-state index in [0.717, 1.165) is 6.08 Å². The van der Waals surface area contributed by atoms with Crippen LogP contribution in [-0.4, -0.2) is 70.6 Å². The number of rotatable bonds is 10. The van der Waals surface area contributed by atoms with Gasteiger partial charge in [0.25, 0.3) is 5.91 Å². The molecular formula is C23H29N3O7S. The van der Waals surface area contributed by atoms with E-state index in [1.807, 2.05) is 18.7 Å². The van der Waals surface area contributed by atoms with Crippen molar-refractivity contribution < 1.29 is 31.9 Å². The van der Waals surface area contributed by atoms with E-state index in [1.165, 1.54) is 28.8 Å². The van der Waals surface area contributed by atoms with Crippen LogP contribution in [0.5, 0.6) is 0 Å². The molecule has 184 valence electrons. The number of carbonyl (C=O) groups is 2. The fourth-order valence-electron chi connectivity index (χ4n) is 3.46. The summed E-state index contributed by atoms with van der Waals surface area (Å²) in [5.41, 5.74) is 0.994. The smallest absolute Gasteiger partial charge is 0.331 e. The Bertz CT molecular complexity index is 1100. The molecule has 0 saturated carbocycles. The van der Waals surface area contributed by atoms with Gasteiger partial charge in [0, 0.05) is 32.3 Å². The molecule has 34 heavy (non-hydrogen) atoms. The van der Waals surface area contributed by atoms with Gasteiger partial charge in [0.2, 0.25) is 10.0 Å². The average molecular weight is 492 g/mol. The monoisotopic (exact) mass is 491 g/mol. The Hall–Kier alpha value is -3.15. The van der Waals surface area contributed by atoms with Gasteiger partial charge in [-0.2, -0.15) is 4.31 Å². The van der Waals surface area contributed by atoms with E-state index in [-0.39, 0.29) is 18.0 Å². The maximum Gasteiger partial charge on any atom is 0.331 e. The first-order valence-corrected chi connectivity index (χ1v) is 12.4. The number of furan rings is 1. The van der Waals surface area contributed by atoms with Gasteiger partial charge in [0.1, 0.15) is 5.76 Å². The van der Waals surface area contributed by atoms with E-state index in [2.05, 4.69) is 5.32 Å². The van der Waals surface area contributed by atoms with Crippen molar-refractivity contribution >= 4 is 39.4 Å². The molecule has 1 fully saturated rings. The molecule has 0 radical (unpaired) electrons. The minimum atomic E-state index is -3.75. The topological polar surface area (TPSA) is 118 Å². The molecule has 1 aromatic heterocycles. The summed E-state index contributed by atoms with van der Waals surface area (Å²) in [6, 6.07) is 8.00. The second kappa shape index (κ2) is 11.8.